The largest absolute Gasteiger partial charge is 0.399 e. The highest BCUT2D eigenvalue weighted by Gasteiger charge is 1.96. The minimum atomic E-state index is 0.897. The van der Waals surface area contributed by atoms with Crippen LogP contribution in [-0.4, -0.2) is 12.8 Å². The molecule has 0 saturated carbocycles. The maximum absolute atomic E-state index is 4.61. The van der Waals surface area contributed by atoms with Crippen LogP contribution in [0, 0.1) is 5.38 Å². The lowest BCUT2D eigenvalue weighted by Gasteiger charge is -1.91. The second-order valence-corrected chi connectivity index (χ2v) is 2.66. The van der Waals surface area contributed by atoms with Crippen molar-refractivity contribution in [2.75, 3.05) is 7.11 Å². The standard InChI is InChI=1S/C7H8NOS/c1-6(8-9-2)7-4-3-5-10-7/h3-4H,1-2H3. The zero-order valence-corrected chi connectivity index (χ0v) is 6.73. The molecule has 3 heteroatoms. The van der Waals surface area contributed by atoms with Gasteiger partial charge in [-0.3, -0.25) is 0 Å². The van der Waals surface area contributed by atoms with Crippen molar-refractivity contribution >= 4 is 17.0 Å². The molecule has 0 unspecified atom stereocenters. The summed E-state index contributed by atoms with van der Waals surface area (Å²) >= 11 is 1.54. The molecule has 0 atom stereocenters. The molecule has 0 spiro atoms. The van der Waals surface area contributed by atoms with Gasteiger partial charge in [-0.15, -0.1) is 11.3 Å². The van der Waals surface area contributed by atoms with E-state index in [1.807, 2.05) is 19.1 Å². The molecule has 1 rings (SSSR count). The van der Waals surface area contributed by atoms with Gasteiger partial charge in [-0.05, 0) is 19.1 Å². The van der Waals surface area contributed by atoms with Crippen LogP contribution in [0.5, 0.6) is 0 Å². The Morgan fingerprint density at radius 2 is 2.60 bits per heavy atom. The molecule has 0 fully saturated rings. The van der Waals surface area contributed by atoms with E-state index in [0.29, 0.717) is 0 Å². The Labute approximate surface area is 64.1 Å². The first kappa shape index (κ1) is 7.28. The van der Waals surface area contributed by atoms with E-state index in [1.54, 1.807) is 7.11 Å². The monoisotopic (exact) mass is 154 g/mol. The Morgan fingerprint density at radius 3 is 3.10 bits per heavy atom. The van der Waals surface area contributed by atoms with Crippen LogP contribution in [0.3, 0.4) is 0 Å². The van der Waals surface area contributed by atoms with Crippen molar-refractivity contribution in [3.05, 3.63) is 22.4 Å². The number of nitrogens with zero attached hydrogens (tertiary/aromatic N) is 1. The molecule has 0 aromatic carbocycles. The van der Waals surface area contributed by atoms with Gasteiger partial charge in [0, 0.05) is 5.38 Å². The molecule has 10 heavy (non-hydrogen) atoms. The molecule has 53 valence electrons. The quantitative estimate of drug-likeness (QED) is 0.471. The van der Waals surface area contributed by atoms with Crippen LogP contribution in [0.2, 0.25) is 0 Å². The van der Waals surface area contributed by atoms with Gasteiger partial charge in [0.2, 0.25) is 0 Å². The van der Waals surface area contributed by atoms with Crippen LogP contribution in [0.1, 0.15) is 11.8 Å². The topological polar surface area (TPSA) is 21.6 Å². The first-order valence-electron chi connectivity index (χ1n) is 2.88. The zero-order valence-electron chi connectivity index (χ0n) is 5.92. The van der Waals surface area contributed by atoms with Gasteiger partial charge in [-0.2, -0.15) is 0 Å². The molecule has 0 aliphatic rings. The Hall–Kier alpha value is -0.830. The summed E-state index contributed by atoms with van der Waals surface area (Å²) in [6.07, 6.45) is 0. The van der Waals surface area contributed by atoms with Crippen molar-refractivity contribution in [2.24, 2.45) is 5.16 Å². The van der Waals surface area contributed by atoms with Gasteiger partial charge in [0.15, 0.2) is 0 Å². The highest BCUT2D eigenvalue weighted by atomic mass is 32.1. The third-order valence-corrected chi connectivity index (χ3v) is 1.96. The molecule has 0 bridgehead atoms. The Kier molecular flexibility index (Phi) is 2.45. The second kappa shape index (κ2) is 3.37. The lowest BCUT2D eigenvalue weighted by Crippen LogP contribution is -1.89. The van der Waals surface area contributed by atoms with Crippen molar-refractivity contribution in [3.8, 4) is 0 Å². The predicted octanol–water partition coefficient (Wildman–Crippen LogP) is 1.92. The van der Waals surface area contributed by atoms with E-state index in [4.69, 9.17) is 0 Å². The smallest absolute Gasteiger partial charge is 0.106 e. The molecular weight excluding hydrogens is 146 g/mol. The van der Waals surface area contributed by atoms with Crippen LogP contribution in [0.25, 0.3) is 0 Å². The van der Waals surface area contributed by atoms with Crippen LogP contribution in [0.15, 0.2) is 17.3 Å². The molecule has 0 amide bonds. The Morgan fingerprint density at radius 1 is 1.80 bits per heavy atom. The Balaban J connectivity index is 2.77. The first-order chi connectivity index (χ1) is 4.84. The van der Waals surface area contributed by atoms with Gasteiger partial charge in [-0.1, -0.05) is 5.16 Å². The van der Waals surface area contributed by atoms with E-state index in [2.05, 4.69) is 15.4 Å². The highest BCUT2D eigenvalue weighted by molar-refractivity contribution is 7.11. The fraction of sp³-hybridized carbons (Fsp3) is 0.286. The van der Waals surface area contributed by atoms with Crippen LogP contribution < -0.4 is 0 Å². The van der Waals surface area contributed by atoms with E-state index in [0.717, 1.165) is 10.6 Å². The third kappa shape index (κ3) is 1.57. The maximum atomic E-state index is 4.61. The van der Waals surface area contributed by atoms with Gasteiger partial charge in [0.25, 0.3) is 0 Å². The fourth-order valence-electron chi connectivity index (χ4n) is 0.618. The summed E-state index contributed by atoms with van der Waals surface area (Å²) in [6, 6.07) is 3.83. The van der Waals surface area contributed by atoms with E-state index in [1.165, 1.54) is 11.3 Å². The van der Waals surface area contributed by atoms with Crippen LogP contribution >= 0.6 is 11.3 Å². The number of rotatable bonds is 2. The van der Waals surface area contributed by atoms with E-state index in [9.17, 15) is 0 Å². The summed E-state index contributed by atoms with van der Waals surface area (Å²) in [4.78, 5) is 5.71. The molecule has 0 aliphatic carbocycles. The summed E-state index contributed by atoms with van der Waals surface area (Å²) < 4.78 is 0. The van der Waals surface area contributed by atoms with Crippen LogP contribution in [0.4, 0.5) is 0 Å². The van der Waals surface area contributed by atoms with Gasteiger partial charge in [0.1, 0.15) is 7.11 Å². The molecule has 1 radical (unpaired) electrons. The first-order valence-corrected chi connectivity index (χ1v) is 3.70. The SMILES string of the molecule is CON=C(C)c1cc[c]s1. The predicted molar refractivity (Wildman–Crippen MR) is 42.4 cm³/mol. The van der Waals surface area contributed by atoms with E-state index >= 15 is 0 Å². The summed E-state index contributed by atoms with van der Waals surface area (Å²) in [6.45, 7) is 1.91. The average molecular weight is 154 g/mol. The summed E-state index contributed by atoms with van der Waals surface area (Å²) in [7, 11) is 1.54. The van der Waals surface area contributed by atoms with Crippen molar-refractivity contribution in [1.82, 2.24) is 0 Å². The van der Waals surface area contributed by atoms with E-state index in [-0.39, 0.29) is 0 Å². The molecule has 1 heterocycles. The van der Waals surface area contributed by atoms with E-state index < -0.39 is 0 Å². The van der Waals surface area contributed by atoms with Crippen molar-refractivity contribution in [2.45, 2.75) is 6.92 Å². The zero-order chi connectivity index (χ0) is 7.40. The molecule has 1 aromatic rings. The average Bonchev–Trinajstić information content (AvgIpc) is 2.38. The highest BCUT2D eigenvalue weighted by Crippen LogP contribution is 2.08. The maximum Gasteiger partial charge on any atom is 0.106 e. The molecule has 2 nitrogen and oxygen atoms in total. The summed E-state index contributed by atoms with van der Waals surface area (Å²) in [5.74, 6) is 0. The molecule has 0 N–H and O–H groups in total. The lowest BCUT2D eigenvalue weighted by atomic mass is 10.3. The van der Waals surface area contributed by atoms with Crippen LogP contribution in [-0.2, 0) is 4.84 Å². The van der Waals surface area contributed by atoms with Gasteiger partial charge < -0.3 is 4.84 Å². The van der Waals surface area contributed by atoms with Crippen molar-refractivity contribution < 1.29 is 4.84 Å². The molecule has 1 aromatic heterocycles. The Bertz CT molecular complexity index is 216. The van der Waals surface area contributed by atoms with Gasteiger partial charge in [-0.25, -0.2) is 0 Å². The number of oxime groups is 1. The third-order valence-electron chi connectivity index (χ3n) is 1.06. The lowest BCUT2D eigenvalue weighted by molar-refractivity contribution is 0.213. The van der Waals surface area contributed by atoms with Gasteiger partial charge >= 0.3 is 0 Å². The summed E-state index contributed by atoms with van der Waals surface area (Å²) in [5, 5.41) is 6.75. The number of thiophene rings is 1. The molecular formula is C7H8NOS. The number of hydrogen-bond acceptors (Lipinski definition) is 3. The van der Waals surface area contributed by atoms with Crippen molar-refractivity contribution in [3.63, 3.8) is 0 Å². The molecule has 0 aliphatic heterocycles. The second-order valence-electron chi connectivity index (χ2n) is 1.78. The van der Waals surface area contributed by atoms with Crippen molar-refractivity contribution in [1.29, 1.82) is 0 Å². The van der Waals surface area contributed by atoms with Gasteiger partial charge in [0.05, 0.1) is 10.6 Å². The minimum absolute atomic E-state index is 0.897. The summed E-state index contributed by atoms with van der Waals surface area (Å²) in [5.41, 5.74) is 0.897. The molecule has 0 saturated heterocycles. The number of hydrogen-bond donors (Lipinski definition) is 0. The fourth-order valence-corrected chi connectivity index (χ4v) is 1.20. The minimum Gasteiger partial charge on any atom is -0.399 e. The normalized spacial score (nSPS) is 11.6.